The molecule has 15 heavy (non-hydrogen) atoms. The minimum absolute atomic E-state index is 0.0957. The van der Waals surface area contributed by atoms with Gasteiger partial charge in [0.1, 0.15) is 11.7 Å². The molecule has 0 N–H and O–H groups in total. The maximum absolute atomic E-state index is 11.7. The molecular weight excluding hydrogens is 192 g/mol. The Morgan fingerprint density at radius 3 is 2.47 bits per heavy atom. The minimum atomic E-state index is -0.224. The SMILES string of the molecule is O=C(OC1CCC1)C1OC12CCCCC2. The van der Waals surface area contributed by atoms with Crippen molar-refractivity contribution in [2.24, 2.45) is 0 Å². The lowest BCUT2D eigenvalue weighted by molar-refractivity contribution is -0.154. The molecule has 3 aliphatic rings. The number of ether oxygens (including phenoxy) is 2. The number of carbonyl (C=O) groups excluding carboxylic acids is 1. The fourth-order valence-corrected chi connectivity index (χ4v) is 2.71. The molecule has 0 amide bonds. The van der Waals surface area contributed by atoms with Crippen molar-refractivity contribution in [3.63, 3.8) is 0 Å². The second kappa shape index (κ2) is 3.48. The van der Waals surface area contributed by atoms with Crippen LogP contribution in [0.5, 0.6) is 0 Å². The second-order valence-electron chi connectivity index (χ2n) is 5.11. The first-order valence-corrected chi connectivity index (χ1v) is 6.18. The van der Waals surface area contributed by atoms with Gasteiger partial charge in [0.15, 0.2) is 6.10 Å². The Morgan fingerprint density at radius 1 is 1.13 bits per heavy atom. The van der Waals surface area contributed by atoms with Gasteiger partial charge in [-0.05, 0) is 32.1 Å². The number of hydrogen-bond acceptors (Lipinski definition) is 3. The van der Waals surface area contributed by atoms with E-state index in [-0.39, 0.29) is 23.8 Å². The molecule has 0 bridgehead atoms. The highest BCUT2D eigenvalue weighted by Crippen LogP contribution is 2.48. The van der Waals surface area contributed by atoms with E-state index in [2.05, 4.69) is 0 Å². The van der Waals surface area contributed by atoms with E-state index < -0.39 is 0 Å². The zero-order chi connectivity index (χ0) is 10.3. The zero-order valence-corrected chi connectivity index (χ0v) is 9.04. The molecule has 3 rings (SSSR count). The smallest absolute Gasteiger partial charge is 0.338 e. The Balaban J connectivity index is 1.53. The molecule has 1 heterocycles. The van der Waals surface area contributed by atoms with Gasteiger partial charge >= 0.3 is 5.97 Å². The summed E-state index contributed by atoms with van der Waals surface area (Å²) in [6.07, 6.45) is 9.07. The monoisotopic (exact) mass is 210 g/mol. The summed E-state index contributed by atoms with van der Waals surface area (Å²) >= 11 is 0. The third-order valence-electron chi connectivity index (χ3n) is 4.02. The lowest BCUT2D eigenvalue weighted by Crippen LogP contribution is -2.31. The first-order valence-electron chi connectivity index (χ1n) is 6.18. The van der Waals surface area contributed by atoms with E-state index in [1.165, 1.54) is 25.7 Å². The van der Waals surface area contributed by atoms with Gasteiger partial charge in [0.05, 0.1) is 0 Å². The van der Waals surface area contributed by atoms with Gasteiger partial charge in [-0.2, -0.15) is 0 Å². The summed E-state index contributed by atoms with van der Waals surface area (Å²) in [6.45, 7) is 0. The van der Waals surface area contributed by atoms with Crippen LogP contribution in [0.1, 0.15) is 51.4 Å². The van der Waals surface area contributed by atoms with Crippen LogP contribution >= 0.6 is 0 Å². The third-order valence-corrected chi connectivity index (χ3v) is 4.02. The van der Waals surface area contributed by atoms with E-state index in [9.17, 15) is 4.79 Å². The van der Waals surface area contributed by atoms with Crippen LogP contribution in [0, 0.1) is 0 Å². The topological polar surface area (TPSA) is 38.8 Å². The quantitative estimate of drug-likeness (QED) is 0.518. The van der Waals surface area contributed by atoms with Crippen molar-refractivity contribution >= 4 is 5.97 Å². The largest absolute Gasteiger partial charge is 0.460 e. The van der Waals surface area contributed by atoms with Crippen LogP contribution in [0.15, 0.2) is 0 Å². The van der Waals surface area contributed by atoms with Crippen molar-refractivity contribution in [2.75, 3.05) is 0 Å². The van der Waals surface area contributed by atoms with Crippen molar-refractivity contribution in [1.82, 2.24) is 0 Å². The summed E-state index contributed by atoms with van der Waals surface area (Å²) < 4.78 is 11.0. The standard InChI is InChI=1S/C12H18O3/c13-11(14-9-5-4-6-9)10-12(15-10)7-2-1-3-8-12/h9-10H,1-8H2. The van der Waals surface area contributed by atoms with Crippen LogP contribution in [0.25, 0.3) is 0 Å². The Labute approximate surface area is 90.1 Å². The van der Waals surface area contributed by atoms with Gasteiger partial charge in [-0.1, -0.05) is 19.3 Å². The molecule has 0 radical (unpaired) electrons. The summed E-state index contributed by atoms with van der Waals surface area (Å²) in [5, 5.41) is 0. The van der Waals surface area contributed by atoms with E-state index in [4.69, 9.17) is 9.47 Å². The predicted octanol–water partition coefficient (Wildman–Crippen LogP) is 2.18. The van der Waals surface area contributed by atoms with Gasteiger partial charge in [-0.15, -0.1) is 0 Å². The average Bonchev–Trinajstić information content (AvgIpc) is 2.87. The van der Waals surface area contributed by atoms with E-state index in [1.54, 1.807) is 0 Å². The lowest BCUT2D eigenvalue weighted by atomic mass is 9.86. The maximum atomic E-state index is 11.7. The van der Waals surface area contributed by atoms with Crippen molar-refractivity contribution in [3.8, 4) is 0 Å². The molecule has 1 unspecified atom stereocenters. The van der Waals surface area contributed by atoms with Crippen LogP contribution in [-0.4, -0.2) is 23.8 Å². The first kappa shape index (κ1) is 9.64. The van der Waals surface area contributed by atoms with Crippen LogP contribution in [0.4, 0.5) is 0 Å². The van der Waals surface area contributed by atoms with Crippen molar-refractivity contribution in [2.45, 2.75) is 69.2 Å². The minimum Gasteiger partial charge on any atom is -0.460 e. The Bertz CT molecular complexity index is 264. The Kier molecular flexibility index (Phi) is 2.23. The van der Waals surface area contributed by atoms with E-state index in [1.807, 2.05) is 0 Å². The molecule has 0 aromatic carbocycles. The molecule has 1 aliphatic heterocycles. The third kappa shape index (κ3) is 1.67. The highest BCUT2D eigenvalue weighted by atomic mass is 16.7. The molecule has 1 spiro atoms. The molecule has 2 aliphatic carbocycles. The normalized spacial score (nSPS) is 33.5. The van der Waals surface area contributed by atoms with Crippen LogP contribution in [-0.2, 0) is 14.3 Å². The highest BCUT2D eigenvalue weighted by molar-refractivity contribution is 5.79. The van der Waals surface area contributed by atoms with Gasteiger partial charge in [0.2, 0.25) is 0 Å². The summed E-state index contributed by atoms with van der Waals surface area (Å²) in [4.78, 5) is 11.7. The van der Waals surface area contributed by atoms with Crippen molar-refractivity contribution in [3.05, 3.63) is 0 Å². The molecule has 2 saturated carbocycles. The molecule has 0 aromatic heterocycles. The average molecular weight is 210 g/mol. The fourth-order valence-electron chi connectivity index (χ4n) is 2.71. The Morgan fingerprint density at radius 2 is 1.87 bits per heavy atom. The van der Waals surface area contributed by atoms with E-state index >= 15 is 0 Å². The van der Waals surface area contributed by atoms with Crippen molar-refractivity contribution in [1.29, 1.82) is 0 Å². The summed E-state index contributed by atoms with van der Waals surface area (Å²) in [5.41, 5.74) is -0.0981. The van der Waals surface area contributed by atoms with Gasteiger partial charge in [0, 0.05) is 0 Å². The zero-order valence-electron chi connectivity index (χ0n) is 9.04. The highest BCUT2D eigenvalue weighted by Gasteiger charge is 2.61. The first-order chi connectivity index (χ1) is 7.30. The Hall–Kier alpha value is -0.570. The number of carbonyl (C=O) groups is 1. The van der Waals surface area contributed by atoms with E-state index in [0.717, 1.165) is 25.7 Å². The molecule has 84 valence electrons. The number of hydrogen-bond donors (Lipinski definition) is 0. The predicted molar refractivity (Wildman–Crippen MR) is 54.4 cm³/mol. The second-order valence-corrected chi connectivity index (χ2v) is 5.11. The van der Waals surface area contributed by atoms with Gasteiger partial charge in [0.25, 0.3) is 0 Å². The summed E-state index contributed by atoms with van der Waals surface area (Å²) in [7, 11) is 0. The van der Waals surface area contributed by atoms with E-state index in [0.29, 0.717) is 0 Å². The molecule has 0 aromatic rings. The summed E-state index contributed by atoms with van der Waals surface area (Å²) in [5.74, 6) is -0.0957. The number of epoxide rings is 1. The lowest BCUT2D eigenvalue weighted by Gasteiger charge is -2.25. The van der Waals surface area contributed by atoms with Crippen molar-refractivity contribution < 1.29 is 14.3 Å². The number of rotatable bonds is 2. The van der Waals surface area contributed by atoms with Gasteiger partial charge in [-0.3, -0.25) is 0 Å². The molecule has 3 heteroatoms. The molecule has 1 saturated heterocycles. The molecule has 3 fully saturated rings. The summed E-state index contributed by atoms with van der Waals surface area (Å²) in [6, 6.07) is 0. The van der Waals surface area contributed by atoms with Gasteiger partial charge in [-0.25, -0.2) is 4.79 Å². The molecule has 3 nitrogen and oxygen atoms in total. The van der Waals surface area contributed by atoms with Crippen LogP contribution < -0.4 is 0 Å². The maximum Gasteiger partial charge on any atom is 0.338 e. The fraction of sp³-hybridized carbons (Fsp3) is 0.917. The van der Waals surface area contributed by atoms with Crippen LogP contribution in [0.2, 0.25) is 0 Å². The van der Waals surface area contributed by atoms with Crippen LogP contribution in [0.3, 0.4) is 0 Å². The molecule has 1 atom stereocenters. The number of esters is 1. The van der Waals surface area contributed by atoms with Gasteiger partial charge < -0.3 is 9.47 Å². The molecular formula is C12H18O3.